The number of hydrogen-bond donors (Lipinski definition) is 3. The number of amides is 1. The minimum atomic E-state index is -3.97. The summed E-state index contributed by atoms with van der Waals surface area (Å²) >= 11 is 1.21. The third-order valence-electron chi connectivity index (χ3n) is 4.99. The number of nitrogens with zero attached hydrogens (tertiary/aromatic N) is 2. The van der Waals surface area contributed by atoms with Gasteiger partial charge in [0.05, 0.1) is 26.0 Å². The van der Waals surface area contributed by atoms with E-state index in [1.807, 2.05) is 6.07 Å². The lowest BCUT2D eigenvalue weighted by Gasteiger charge is -2.29. The Hall–Kier alpha value is -2.58. The van der Waals surface area contributed by atoms with Crippen molar-refractivity contribution in [2.75, 3.05) is 39.1 Å². The number of ether oxygens (including phenoxy) is 2. The lowest BCUT2D eigenvalue weighted by molar-refractivity contribution is -0.145. The molecular formula is C20H27N5O6S2. The topological polar surface area (TPSA) is 153 Å². The smallest absolute Gasteiger partial charge is 0.328 e. The lowest BCUT2D eigenvalue weighted by Crippen LogP contribution is -2.56. The van der Waals surface area contributed by atoms with Gasteiger partial charge in [-0.1, -0.05) is 30.3 Å². The molecule has 2 atom stereocenters. The van der Waals surface area contributed by atoms with E-state index in [2.05, 4.69) is 15.0 Å². The number of nitrogens with one attached hydrogen (secondary N) is 2. The number of nitrogens with two attached hydrogens (primary N) is 1. The molecule has 0 saturated carbocycles. The second-order valence-corrected chi connectivity index (χ2v) is 9.93. The highest BCUT2D eigenvalue weighted by atomic mass is 32.2. The van der Waals surface area contributed by atoms with Gasteiger partial charge in [0.2, 0.25) is 5.91 Å². The summed E-state index contributed by atoms with van der Waals surface area (Å²) in [6.45, 7) is 0.922. The average molecular weight is 498 g/mol. The summed E-state index contributed by atoms with van der Waals surface area (Å²) in [5.74, 6) is -1.33. The van der Waals surface area contributed by atoms with E-state index >= 15 is 0 Å². The Kier molecular flexibility index (Phi) is 8.74. The molecule has 0 aliphatic carbocycles. The Morgan fingerprint density at radius 3 is 2.52 bits per heavy atom. The van der Waals surface area contributed by atoms with Crippen LogP contribution >= 0.6 is 11.3 Å². The van der Waals surface area contributed by atoms with Gasteiger partial charge in [-0.05, 0) is 12.0 Å². The molecule has 1 amide bonds. The van der Waals surface area contributed by atoms with Crippen molar-refractivity contribution < 1.29 is 27.5 Å². The molecule has 0 spiro atoms. The third-order valence-corrected chi connectivity index (χ3v) is 7.34. The van der Waals surface area contributed by atoms with Crippen molar-refractivity contribution in [3.05, 3.63) is 47.0 Å². The standard InChI is InChI=1S/C20H27N5O6S2/c1-30-19(27)17(12-15-13-32-20(21)22-15)23-18(26)16(11-14-5-3-2-4-6-14)24-33(28,29)25-7-9-31-10-8-25/h2-6,13,16-17,24H,7-12H2,1H3,(H2,21,22)(H,23,26)/t16-,17-/m0/s1. The first-order chi connectivity index (χ1) is 15.8. The van der Waals surface area contributed by atoms with Crippen LogP contribution in [-0.2, 0) is 42.1 Å². The Balaban J connectivity index is 1.79. The number of carbonyl (C=O) groups is 2. The van der Waals surface area contributed by atoms with E-state index in [4.69, 9.17) is 15.2 Å². The Labute approximate surface area is 196 Å². The predicted octanol–water partition coefficient (Wildman–Crippen LogP) is -0.296. The summed E-state index contributed by atoms with van der Waals surface area (Å²) in [5, 5.41) is 4.63. The highest BCUT2D eigenvalue weighted by molar-refractivity contribution is 7.87. The van der Waals surface area contributed by atoms with Gasteiger partial charge in [-0.15, -0.1) is 11.3 Å². The molecule has 0 radical (unpaired) electrons. The summed E-state index contributed by atoms with van der Waals surface area (Å²) in [6.07, 6.45) is 0.147. The van der Waals surface area contributed by atoms with Crippen LogP contribution in [0.1, 0.15) is 11.3 Å². The molecule has 1 aromatic heterocycles. The zero-order valence-electron chi connectivity index (χ0n) is 18.1. The van der Waals surface area contributed by atoms with Crippen LogP contribution < -0.4 is 15.8 Å². The molecule has 1 aromatic carbocycles. The van der Waals surface area contributed by atoms with Gasteiger partial charge in [0.1, 0.15) is 12.1 Å². The summed E-state index contributed by atoms with van der Waals surface area (Å²) in [5.41, 5.74) is 6.92. The number of carbonyl (C=O) groups excluding carboxylic acids is 2. The minimum Gasteiger partial charge on any atom is -0.467 e. The summed E-state index contributed by atoms with van der Waals surface area (Å²) in [4.78, 5) is 29.6. The Morgan fingerprint density at radius 1 is 1.21 bits per heavy atom. The number of morpholine rings is 1. The van der Waals surface area contributed by atoms with E-state index in [-0.39, 0.29) is 39.1 Å². The first-order valence-corrected chi connectivity index (χ1v) is 12.6. The maximum Gasteiger partial charge on any atom is 0.328 e. The van der Waals surface area contributed by atoms with Crippen LogP contribution in [0.3, 0.4) is 0 Å². The van der Waals surface area contributed by atoms with Crippen LogP contribution in [0.15, 0.2) is 35.7 Å². The Morgan fingerprint density at radius 2 is 1.91 bits per heavy atom. The molecule has 4 N–H and O–H groups in total. The second-order valence-electron chi connectivity index (χ2n) is 7.34. The maximum absolute atomic E-state index is 13.2. The van der Waals surface area contributed by atoms with Gasteiger partial charge in [0.25, 0.3) is 10.2 Å². The summed E-state index contributed by atoms with van der Waals surface area (Å²) in [6, 6.07) is 6.78. The molecule has 180 valence electrons. The molecule has 0 bridgehead atoms. The van der Waals surface area contributed by atoms with Crippen LogP contribution in [0, 0.1) is 0 Å². The molecule has 1 saturated heterocycles. The van der Waals surface area contributed by atoms with E-state index in [9.17, 15) is 18.0 Å². The molecule has 11 nitrogen and oxygen atoms in total. The summed E-state index contributed by atoms with van der Waals surface area (Å²) in [7, 11) is -2.76. The van der Waals surface area contributed by atoms with E-state index in [1.54, 1.807) is 29.6 Å². The number of nitrogen functional groups attached to an aromatic ring is 1. The quantitative estimate of drug-likeness (QED) is 0.378. The predicted molar refractivity (Wildman–Crippen MR) is 123 cm³/mol. The number of rotatable bonds is 10. The molecule has 2 heterocycles. The van der Waals surface area contributed by atoms with Crippen LogP contribution in [-0.4, -0.2) is 75.1 Å². The van der Waals surface area contributed by atoms with Gasteiger partial charge in [0, 0.05) is 24.9 Å². The highest BCUT2D eigenvalue weighted by Crippen LogP contribution is 2.14. The first kappa shape index (κ1) is 25.1. The number of methoxy groups -OCH3 is 1. The third kappa shape index (κ3) is 7.20. The zero-order valence-corrected chi connectivity index (χ0v) is 19.7. The van der Waals surface area contributed by atoms with Gasteiger partial charge in [-0.3, -0.25) is 4.79 Å². The molecule has 3 rings (SSSR count). The fourth-order valence-electron chi connectivity index (χ4n) is 3.31. The maximum atomic E-state index is 13.2. The number of aromatic nitrogens is 1. The normalized spacial score (nSPS) is 16.6. The molecule has 33 heavy (non-hydrogen) atoms. The van der Waals surface area contributed by atoms with Crippen LogP contribution in [0.4, 0.5) is 5.13 Å². The van der Waals surface area contributed by atoms with Crippen molar-refractivity contribution >= 4 is 38.6 Å². The molecule has 1 fully saturated rings. The average Bonchev–Trinajstić information content (AvgIpc) is 3.23. The molecular weight excluding hydrogens is 470 g/mol. The van der Waals surface area contributed by atoms with Gasteiger partial charge in [-0.25, -0.2) is 9.78 Å². The SMILES string of the molecule is COC(=O)[C@H](Cc1csc(N)n1)NC(=O)[C@H](Cc1ccccc1)NS(=O)(=O)N1CCOCC1. The van der Waals surface area contributed by atoms with Crippen molar-refractivity contribution in [2.45, 2.75) is 24.9 Å². The van der Waals surface area contributed by atoms with Crippen molar-refractivity contribution in [1.29, 1.82) is 0 Å². The minimum absolute atomic E-state index is 0.0559. The van der Waals surface area contributed by atoms with Gasteiger partial charge >= 0.3 is 5.97 Å². The fraction of sp³-hybridized carbons (Fsp3) is 0.450. The van der Waals surface area contributed by atoms with Crippen LogP contribution in [0.25, 0.3) is 0 Å². The molecule has 1 aliphatic heterocycles. The number of hydrogen-bond acceptors (Lipinski definition) is 9. The van der Waals surface area contributed by atoms with Crippen molar-refractivity contribution in [1.82, 2.24) is 19.3 Å². The largest absolute Gasteiger partial charge is 0.467 e. The van der Waals surface area contributed by atoms with E-state index in [0.717, 1.165) is 5.56 Å². The van der Waals surface area contributed by atoms with Gasteiger partial charge < -0.3 is 20.5 Å². The highest BCUT2D eigenvalue weighted by Gasteiger charge is 2.33. The zero-order chi connectivity index (χ0) is 23.8. The van der Waals surface area contributed by atoms with Crippen LogP contribution in [0.2, 0.25) is 0 Å². The van der Waals surface area contributed by atoms with E-state index in [1.165, 1.54) is 22.8 Å². The lowest BCUT2D eigenvalue weighted by atomic mass is 10.1. The van der Waals surface area contributed by atoms with Crippen molar-refractivity contribution in [3.63, 3.8) is 0 Å². The monoisotopic (exact) mass is 497 g/mol. The van der Waals surface area contributed by atoms with Crippen molar-refractivity contribution in [2.24, 2.45) is 0 Å². The molecule has 2 aromatic rings. The number of benzene rings is 1. The molecule has 13 heteroatoms. The van der Waals surface area contributed by atoms with E-state index in [0.29, 0.717) is 10.8 Å². The van der Waals surface area contributed by atoms with Crippen molar-refractivity contribution in [3.8, 4) is 0 Å². The number of anilines is 1. The molecule has 0 unspecified atom stereocenters. The fourth-order valence-corrected chi connectivity index (χ4v) is 5.22. The first-order valence-electron chi connectivity index (χ1n) is 10.3. The summed E-state index contributed by atoms with van der Waals surface area (Å²) < 4.78 is 39.6. The molecule has 1 aliphatic rings. The Bertz CT molecular complexity index is 1040. The van der Waals surface area contributed by atoms with E-state index < -0.39 is 34.2 Å². The second kappa shape index (κ2) is 11.5. The number of esters is 1. The van der Waals surface area contributed by atoms with Crippen LogP contribution in [0.5, 0.6) is 0 Å². The number of thiazole rings is 1. The van der Waals surface area contributed by atoms with Gasteiger partial charge in [0.15, 0.2) is 5.13 Å². The van der Waals surface area contributed by atoms with Gasteiger partial charge in [-0.2, -0.15) is 17.4 Å².